The van der Waals surface area contributed by atoms with Crippen LogP contribution >= 0.6 is 23.4 Å². The van der Waals surface area contributed by atoms with Gasteiger partial charge in [0.2, 0.25) is 11.1 Å². The van der Waals surface area contributed by atoms with E-state index in [1.165, 1.54) is 22.7 Å². The number of alkyl halides is 3. The summed E-state index contributed by atoms with van der Waals surface area (Å²) in [5.74, 6) is -0.881. The van der Waals surface area contributed by atoms with Crippen molar-refractivity contribution in [2.24, 2.45) is 0 Å². The van der Waals surface area contributed by atoms with Crippen LogP contribution in [0.3, 0.4) is 0 Å². The highest BCUT2D eigenvalue weighted by atomic mass is 35.5. The maximum Gasteiger partial charge on any atom is 0.418 e. The summed E-state index contributed by atoms with van der Waals surface area (Å²) < 4.78 is 40.5. The van der Waals surface area contributed by atoms with Crippen molar-refractivity contribution in [2.45, 2.75) is 11.3 Å². The van der Waals surface area contributed by atoms with Gasteiger partial charge in [-0.2, -0.15) is 22.8 Å². The molecule has 0 radical (unpaired) electrons. The largest absolute Gasteiger partial charge is 0.418 e. The molecule has 0 spiro atoms. The molecule has 2 N–H and O–H groups in total. The van der Waals surface area contributed by atoms with E-state index in [-0.39, 0.29) is 28.1 Å². The van der Waals surface area contributed by atoms with E-state index in [0.29, 0.717) is 10.6 Å². The van der Waals surface area contributed by atoms with Crippen molar-refractivity contribution in [1.82, 2.24) is 24.8 Å². The highest BCUT2D eigenvalue weighted by molar-refractivity contribution is 7.99. The molecule has 4 rings (SSSR count). The van der Waals surface area contributed by atoms with Crippen molar-refractivity contribution in [1.29, 1.82) is 0 Å². The van der Waals surface area contributed by atoms with Crippen LogP contribution in [0.1, 0.15) is 5.56 Å². The minimum atomic E-state index is -4.60. The van der Waals surface area contributed by atoms with E-state index >= 15 is 0 Å². The molecule has 0 aliphatic carbocycles. The van der Waals surface area contributed by atoms with Crippen LogP contribution in [0.5, 0.6) is 0 Å². The van der Waals surface area contributed by atoms with Crippen LogP contribution in [-0.2, 0) is 11.0 Å². The van der Waals surface area contributed by atoms with Crippen molar-refractivity contribution >= 4 is 40.7 Å². The summed E-state index contributed by atoms with van der Waals surface area (Å²) in [7, 11) is 0. The maximum atomic E-state index is 13.1. The molecule has 4 aromatic rings. The molecule has 0 unspecified atom stereocenters. The zero-order valence-electron chi connectivity index (χ0n) is 15.9. The smallest absolute Gasteiger partial charge is 0.325 e. The Balaban J connectivity index is 1.54. The molecule has 13 heteroatoms. The Morgan fingerprint density at radius 1 is 1.12 bits per heavy atom. The second kappa shape index (κ2) is 8.63. The summed E-state index contributed by atoms with van der Waals surface area (Å²) in [5.41, 5.74) is -1.20. The molecule has 0 saturated heterocycles. The normalized spacial score (nSPS) is 11.6. The van der Waals surface area contributed by atoms with Gasteiger partial charge in [-0.1, -0.05) is 47.6 Å². The highest BCUT2D eigenvalue weighted by Crippen LogP contribution is 2.34. The van der Waals surface area contributed by atoms with Gasteiger partial charge in [0.25, 0.3) is 11.3 Å². The molecular formula is C19H12ClF3N6O2S. The Hall–Kier alpha value is -3.38. The van der Waals surface area contributed by atoms with E-state index in [1.807, 2.05) is 0 Å². The average Bonchev–Trinajstić information content (AvgIpc) is 3.13. The predicted octanol–water partition coefficient (Wildman–Crippen LogP) is 3.88. The maximum absolute atomic E-state index is 13.1. The molecule has 0 aliphatic heterocycles. The number of anilines is 1. The molecule has 8 nitrogen and oxygen atoms in total. The molecule has 164 valence electrons. The van der Waals surface area contributed by atoms with Crippen molar-refractivity contribution < 1.29 is 18.0 Å². The van der Waals surface area contributed by atoms with Gasteiger partial charge < -0.3 is 5.32 Å². The number of aromatic nitrogens is 5. The first-order valence-electron chi connectivity index (χ1n) is 8.93. The molecule has 2 heterocycles. The lowest BCUT2D eigenvalue weighted by Crippen LogP contribution is -2.18. The Kier molecular flexibility index (Phi) is 5.89. The zero-order chi connectivity index (χ0) is 22.9. The molecule has 0 fully saturated rings. The van der Waals surface area contributed by atoms with Gasteiger partial charge in [-0.25, -0.2) is 0 Å². The number of carbonyl (C=O) groups excluding carboxylic acids is 1. The number of para-hydroxylation sites is 1. The predicted molar refractivity (Wildman–Crippen MR) is 113 cm³/mol. The van der Waals surface area contributed by atoms with E-state index in [4.69, 9.17) is 11.6 Å². The van der Waals surface area contributed by atoms with E-state index in [9.17, 15) is 22.8 Å². The van der Waals surface area contributed by atoms with Crippen LogP contribution in [-0.4, -0.2) is 36.5 Å². The third-order valence-electron chi connectivity index (χ3n) is 4.21. The summed E-state index contributed by atoms with van der Waals surface area (Å²) >= 11 is 6.77. The Morgan fingerprint density at radius 2 is 1.84 bits per heavy atom. The summed E-state index contributed by atoms with van der Waals surface area (Å²) in [5, 5.41) is 14.9. The molecule has 2 aromatic heterocycles. The molecule has 0 saturated carbocycles. The van der Waals surface area contributed by atoms with Gasteiger partial charge in [-0.3, -0.25) is 14.6 Å². The molecule has 0 bridgehead atoms. The van der Waals surface area contributed by atoms with Crippen LogP contribution in [0.4, 0.5) is 18.9 Å². The summed E-state index contributed by atoms with van der Waals surface area (Å²) in [4.78, 5) is 27.1. The first-order valence-corrected chi connectivity index (χ1v) is 10.3. The van der Waals surface area contributed by atoms with E-state index in [1.54, 1.807) is 24.3 Å². The van der Waals surface area contributed by atoms with Crippen LogP contribution in [0.25, 0.3) is 17.0 Å². The first kappa shape index (κ1) is 21.8. The zero-order valence-corrected chi connectivity index (χ0v) is 17.4. The second-order valence-corrected chi connectivity index (χ2v) is 7.79. The number of amides is 1. The number of rotatable bonds is 5. The number of hydrogen-bond donors (Lipinski definition) is 2. The van der Waals surface area contributed by atoms with Gasteiger partial charge in [-0.15, -0.1) is 10.2 Å². The first-order chi connectivity index (χ1) is 15.2. The van der Waals surface area contributed by atoms with Gasteiger partial charge in [0.1, 0.15) is 0 Å². The molecular weight excluding hydrogens is 469 g/mol. The Morgan fingerprint density at radius 3 is 2.56 bits per heavy atom. The number of nitrogens with zero attached hydrogens (tertiary/aromatic N) is 4. The molecule has 2 aromatic carbocycles. The van der Waals surface area contributed by atoms with Gasteiger partial charge in [0, 0.05) is 10.6 Å². The second-order valence-electron chi connectivity index (χ2n) is 6.41. The van der Waals surface area contributed by atoms with Gasteiger partial charge in [0.05, 0.1) is 17.0 Å². The third-order valence-corrected chi connectivity index (χ3v) is 5.38. The van der Waals surface area contributed by atoms with Crippen LogP contribution in [0.2, 0.25) is 5.02 Å². The standard InChI is InChI=1S/C19H12ClF3N6O2S/c20-11-7-5-10(6-8-11)15-16(31)25-17-26-27-18(29(17)28-15)32-9-14(30)24-13-4-2-1-3-12(13)19(21,22)23/h1-8H,9H2,(H,24,30)(H,25,26,31). The van der Waals surface area contributed by atoms with E-state index in [0.717, 1.165) is 17.8 Å². The fraction of sp³-hybridized carbons (Fsp3) is 0.105. The van der Waals surface area contributed by atoms with E-state index < -0.39 is 23.2 Å². The lowest BCUT2D eigenvalue weighted by molar-refractivity contribution is -0.137. The summed E-state index contributed by atoms with van der Waals surface area (Å²) in [6.45, 7) is 0. The van der Waals surface area contributed by atoms with Crippen molar-refractivity contribution in [3.8, 4) is 11.3 Å². The fourth-order valence-corrected chi connectivity index (χ4v) is 3.59. The number of H-pyrrole nitrogens is 1. The number of hydrogen-bond acceptors (Lipinski definition) is 6. The van der Waals surface area contributed by atoms with Crippen LogP contribution in [0, 0.1) is 0 Å². The molecule has 0 atom stereocenters. The minimum absolute atomic E-state index is 0.0537. The molecule has 1 amide bonds. The number of nitrogens with one attached hydrogen (secondary N) is 2. The van der Waals surface area contributed by atoms with Crippen molar-refractivity contribution in [3.63, 3.8) is 0 Å². The number of thioether (sulfide) groups is 1. The number of benzene rings is 2. The summed E-state index contributed by atoms with van der Waals surface area (Å²) in [6, 6.07) is 11.1. The lowest BCUT2D eigenvalue weighted by Gasteiger charge is -2.13. The SMILES string of the molecule is O=C(CSc1nnc2[nH]c(=O)c(-c3ccc(Cl)cc3)nn12)Nc1ccccc1C(F)(F)F. The highest BCUT2D eigenvalue weighted by Gasteiger charge is 2.33. The monoisotopic (exact) mass is 480 g/mol. The van der Waals surface area contributed by atoms with E-state index in [2.05, 4.69) is 25.6 Å². The Labute approximate surface area is 186 Å². The summed E-state index contributed by atoms with van der Waals surface area (Å²) in [6.07, 6.45) is -4.60. The average molecular weight is 481 g/mol. The van der Waals surface area contributed by atoms with Gasteiger partial charge in [-0.05, 0) is 24.3 Å². The minimum Gasteiger partial charge on any atom is -0.325 e. The topological polar surface area (TPSA) is 105 Å². The van der Waals surface area contributed by atoms with Gasteiger partial charge in [0.15, 0.2) is 5.69 Å². The quantitative estimate of drug-likeness (QED) is 0.420. The number of carbonyl (C=O) groups is 1. The van der Waals surface area contributed by atoms with Crippen molar-refractivity contribution in [2.75, 3.05) is 11.1 Å². The number of halogens is 4. The van der Waals surface area contributed by atoms with Crippen LogP contribution in [0.15, 0.2) is 58.5 Å². The molecule has 32 heavy (non-hydrogen) atoms. The van der Waals surface area contributed by atoms with Gasteiger partial charge >= 0.3 is 6.18 Å². The molecule has 0 aliphatic rings. The third kappa shape index (κ3) is 4.60. The number of aromatic amines is 1. The Bertz CT molecular complexity index is 1350. The fourth-order valence-electron chi connectivity index (χ4n) is 2.78. The van der Waals surface area contributed by atoms with Crippen molar-refractivity contribution in [3.05, 3.63) is 69.5 Å². The number of fused-ring (bicyclic) bond motifs is 1. The lowest BCUT2D eigenvalue weighted by atomic mass is 10.1. The van der Waals surface area contributed by atoms with Crippen LogP contribution < -0.4 is 10.9 Å².